The van der Waals surface area contributed by atoms with E-state index in [2.05, 4.69) is 19.7 Å². The molecule has 0 aromatic carbocycles. The minimum absolute atomic E-state index is 1.50. The highest BCUT2D eigenvalue weighted by molar-refractivity contribution is 6.98. The van der Waals surface area contributed by atoms with Gasteiger partial charge in [0, 0.05) is 0 Å². The Bertz CT molecular complexity index is 349. The van der Waals surface area contributed by atoms with Crippen LogP contribution in [0.4, 0.5) is 0 Å². The van der Waals surface area contributed by atoms with Crippen LogP contribution in [-0.4, -0.2) is 34.2 Å². The fourth-order valence-electron chi connectivity index (χ4n) is 2.01. The Morgan fingerprint density at radius 1 is 0.650 bits per heavy atom. The molecule has 8 heteroatoms. The van der Waals surface area contributed by atoms with Gasteiger partial charge in [0.05, 0.1) is 0 Å². The fraction of sp³-hybridized carbons (Fsp3) is 0.333. The van der Waals surface area contributed by atoms with E-state index in [4.69, 9.17) is 23.0 Å². The molecule has 2 atom stereocenters. The lowest BCUT2D eigenvalue weighted by molar-refractivity contribution is 0.250. The van der Waals surface area contributed by atoms with E-state index in [0.717, 1.165) is 0 Å². The van der Waals surface area contributed by atoms with Crippen LogP contribution in [0.1, 0.15) is 0 Å². The first-order valence-electron chi connectivity index (χ1n) is 6.35. The molecule has 20 heavy (non-hydrogen) atoms. The maximum absolute atomic E-state index is 6.22. The van der Waals surface area contributed by atoms with Crippen molar-refractivity contribution in [3.05, 3.63) is 49.1 Å². The maximum Gasteiger partial charge on any atom is 0.400 e. The molecular weight excluding hydrogens is 320 g/mol. The Morgan fingerprint density at radius 2 is 0.900 bits per heavy atom. The van der Waals surface area contributed by atoms with Gasteiger partial charge in [-0.1, -0.05) is 17.1 Å². The Labute approximate surface area is 126 Å². The van der Waals surface area contributed by atoms with E-state index in [0.29, 0.717) is 0 Å². The minimum Gasteiger partial charge on any atom is -0.410 e. The molecular formula is C12H23O4Si4+. The molecule has 0 saturated carbocycles. The normalized spacial score (nSPS) is 45.8. The molecule has 1 saturated heterocycles. The van der Waals surface area contributed by atoms with Crippen molar-refractivity contribution in [2.75, 3.05) is 0 Å². The highest BCUT2D eigenvalue weighted by Crippen LogP contribution is 2.32. The highest BCUT2D eigenvalue weighted by Gasteiger charge is 2.55. The summed E-state index contributed by atoms with van der Waals surface area (Å²) in [6.07, 6.45) is 0. The SMILES string of the molecule is [CH+]=C[Si]1(C)O[Si](C)(C=C)O[Si](C)(C=C)O[Si](C)(C=C)O1. The molecule has 1 aliphatic heterocycles. The molecule has 0 amide bonds. The number of hydrogen-bond donors (Lipinski definition) is 0. The average molecular weight is 344 g/mol. The Balaban J connectivity index is 3.31. The van der Waals surface area contributed by atoms with E-state index in [1.165, 1.54) is 5.70 Å². The van der Waals surface area contributed by atoms with Crippen molar-refractivity contribution in [3.8, 4) is 0 Å². The Hall–Kier alpha value is -0.422. The summed E-state index contributed by atoms with van der Waals surface area (Å²) < 4.78 is 24.8. The monoisotopic (exact) mass is 343 g/mol. The molecule has 0 N–H and O–H groups in total. The standard InChI is InChI=1S/C12H23O4Si4/c1-9-17(5)13-18(6,10-2)15-20(8,12-4)16-19(7,11-3)14-17/h1,9-12H,2-4H2,5-8H3/q+1. The predicted octanol–water partition coefficient (Wildman–Crippen LogP) is 3.06. The fourth-order valence-corrected chi connectivity index (χ4v) is 19.6. The first kappa shape index (κ1) is 17.6. The van der Waals surface area contributed by atoms with Crippen molar-refractivity contribution in [1.29, 1.82) is 0 Å². The molecule has 1 aliphatic rings. The van der Waals surface area contributed by atoms with Crippen LogP contribution < -0.4 is 0 Å². The molecule has 0 aromatic rings. The number of rotatable bonds is 4. The molecule has 0 aliphatic carbocycles. The lowest BCUT2D eigenvalue weighted by Crippen LogP contribution is -2.65. The summed E-state index contributed by atoms with van der Waals surface area (Å²) in [4.78, 5) is 0. The van der Waals surface area contributed by atoms with Gasteiger partial charge in [-0.15, -0.1) is 19.7 Å². The largest absolute Gasteiger partial charge is 0.410 e. The molecule has 1 heterocycles. The van der Waals surface area contributed by atoms with Crippen LogP contribution >= 0.6 is 0 Å². The van der Waals surface area contributed by atoms with E-state index < -0.39 is 34.2 Å². The summed E-state index contributed by atoms with van der Waals surface area (Å²) >= 11 is 0. The second kappa shape index (κ2) is 5.76. The lowest BCUT2D eigenvalue weighted by Gasteiger charge is -2.45. The zero-order valence-corrected chi connectivity index (χ0v) is 16.6. The van der Waals surface area contributed by atoms with Crippen LogP contribution in [0.2, 0.25) is 26.2 Å². The molecule has 110 valence electrons. The summed E-state index contributed by atoms with van der Waals surface area (Å²) in [7, 11) is -10.6. The van der Waals surface area contributed by atoms with Gasteiger partial charge in [-0.05, 0) is 26.2 Å². The number of hydrogen-bond acceptors (Lipinski definition) is 4. The van der Waals surface area contributed by atoms with Gasteiger partial charge in [-0.25, -0.2) is 0 Å². The minimum atomic E-state index is -2.71. The molecule has 4 nitrogen and oxygen atoms in total. The van der Waals surface area contributed by atoms with Crippen LogP contribution in [0, 0.1) is 6.58 Å². The second-order valence-electron chi connectivity index (χ2n) is 5.25. The third-order valence-electron chi connectivity index (χ3n) is 3.04. The summed E-state index contributed by atoms with van der Waals surface area (Å²) in [5.74, 6) is 0. The molecule has 1 fully saturated rings. The Kier molecular flexibility index (Phi) is 5.07. The van der Waals surface area contributed by atoms with Crippen molar-refractivity contribution in [2.24, 2.45) is 0 Å². The molecule has 0 spiro atoms. The van der Waals surface area contributed by atoms with Gasteiger partial charge in [0.2, 0.25) is 6.58 Å². The van der Waals surface area contributed by atoms with Gasteiger partial charge in [0.15, 0.2) is 5.70 Å². The van der Waals surface area contributed by atoms with Crippen LogP contribution in [0.5, 0.6) is 0 Å². The molecule has 1 rings (SSSR count). The zero-order valence-electron chi connectivity index (χ0n) is 12.6. The van der Waals surface area contributed by atoms with Crippen LogP contribution in [0.3, 0.4) is 0 Å². The second-order valence-corrected chi connectivity index (χ2v) is 18.2. The average Bonchev–Trinajstić information content (AvgIpc) is 2.36. The predicted molar refractivity (Wildman–Crippen MR) is 90.3 cm³/mol. The van der Waals surface area contributed by atoms with E-state index in [1.807, 2.05) is 26.2 Å². The van der Waals surface area contributed by atoms with Gasteiger partial charge in [-0.3, -0.25) is 0 Å². The maximum atomic E-state index is 6.22. The van der Waals surface area contributed by atoms with E-state index >= 15 is 0 Å². The molecule has 2 unspecified atom stereocenters. The van der Waals surface area contributed by atoms with Crippen molar-refractivity contribution in [1.82, 2.24) is 0 Å². The first-order chi connectivity index (χ1) is 9.07. The van der Waals surface area contributed by atoms with Gasteiger partial charge < -0.3 is 16.5 Å². The molecule has 0 radical (unpaired) electrons. The summed E-state index contributed by atoms with van der Waals surface area (Å²) in [5.41, 5.74) is 6.68. The quantitative estimate of drug-likeness (QED) is 0.581. The lowest BCUT2D eigenvalue weighted by atomic mass is 11.3. The topological polar surface area (TPSA) is 36.9 Å². The van der Waals surface area contributed by atoms with Gasteiger partial charge >= 0.3 is 34.2 Å². The van der Waals surface area contributed by atoms with Gasteiger partial charge in [0.25, 0.3) is 0 Å². The van der Waals surface area contributed by atoms with E-state index in [-0.39, 0.29) is 0 Å². The van der Waals surface area contributed by atoms with E-state index in [1.54, 1.807) is 17.1 Å². The summed E-state index contributed by atoms with van der Waals surface area (Å²) in [6, 6.07) is 0. The molecule has 0 bridgehead atoms. The van der Waals surface area contributed by atoms with Crippen molar-refractivity contribution in [3.63, 3.8) is 0 Å². The van der Waals surface area contributed by atoms with Crippen molar-refractivity contribution >= 4 is 34.2 Å². The third-order valence-corrected chi connectivity index (χ3v) is 18.8. The van der Waals surface area contributed by atoms with Crippen LogP contribution in [0.25, 0.3) is 0 Å². The van der Waals surface area contributed by atoms with Gasteiger partial charge in [0.1, 0.15) is 0 Å². The molecule has 0 aromatic heterocycles. The van der Waals surface area contributed by atoms with Crippen molar-refractivity contribution < 1.29 is 16.5 Å². The zero-order chi connectivity index (χ0) is 15.7. The smallest absolute Gasteiger partial charge is 0.400 e. The first-order valence-corrected chi connectivity index (χ1v) is 15.9. The van der Waals surface area contributed by atoms with Crippen LogP contribution in [0.15, 0.2) is 42.5 Å². The summed E-state index contributed by atoms with van der Waals surface area (Å²) in [5, 5.41) is 0. The Morgan fingerprint density at radius 3 is 1.10 bits per heavy atom. The van der Waals surface area contributed by atoms with Crippen LogP contribution in [-0.2, 0) is 16.5 Å². The summed E-state index contributed by atoms with van der Waals surface area (Å²) in [6.45, 7) is 24.9. The van der Waals surface area contributed by atoms with Gasteiger partial charge in [-0.2, -0.15) is 0 Å². The van der Waals surface area contributed by atoms with Crippen molar-refractivity contribution in [2.45, 2.75) is 26.2 Å². The highest BCUT2D eigenvalue weighted by atomic mass is 28.5. The third kappa shape index (κ3) is 3.82. The van der Waals surface area contributed by atoms with E-state index in [9.17, 15) is 0 Å².